The van der Waals surface area contributed by atoms with Gasteiger partial charge in [-0.2, -0.15) is 0 Å². The number of hydrogen-bond acceptors (Lipinski definition) is 4. The fourth-order valence-corrected chi connectivity index (χ4v) is 2.77. The molecule has 1 aliphatic heterocycles. The van der Waals surface area contributed by atoms with Crippen molar-refractivity contribution >= 4 is 5.91 Å². The van der Waals surface area contributed by atoms with Crippen LogP contribution in [0.5, 0.6) is 0 Å². The first-order valence-corrected chi connectivity index (χ1v) is 7.21. The molecule has 5 heteroatoms. The van der Waals surface area contributed by atoms with Gasteiger partial charge in [0.15, 0.2) is 6.39 Å². The molecule has 3 rings (SSSR count). The van der Waals surface area contributed by atoms with Gasteiger partial charge >= 0.3 is 0 Å². The summed E-state index contributed by atoms with van der Waals surface area (Å²) in [6.45, 7) is 2.76. The van der Waals surface area contributed by atoms with Gasteiger partial charge in [-0.25, -0.2) is 4.98 Å². The minimum Gasteiger partial charge on any atom is -0.451 e. The van der Waals surface area contributed by atoms with E-state index >= 15 is 0 Å². The number of oxazole rings is 1. The van der Waals surface area contributed by atoms with Gasteiger partial charge in [-0.3, -0.25) is 9.69 Å². The fraction of sp³-hybridized carbons (Fsp3) is 0.714. The summed E-state index contributed by atoms with van der Waals surface area (Å²) in [5.74, 6) is 0.472. The number of rotatable bonds is 4. The number of hydrogen-bond donors (Lipinski definition) is 1. The largest absolute Gasteiger partial charge is 0.451 e. The normalized spacial score (nSPS) is 22.1. The van der Waals surface area contributed by atoms with Crippen molar-refractivity contribution in [1.29, 1.82) is 0 Å². The molecule has 1 amide bonds. The van der Waals surface area contributed by atoms with Gasteiger partial charge in [-0.15, -0.1) is 0 Å². The Bertz CT molecular complexity index is 406. The smallest absolute Gasteiger partial charge is 0.223 e. The molecule has 0 radical (unpaired) electrons. The van der Waals surface area contributed by atoms with Crippen molar-refractivity contribution in [2.45, 2.75) is 44.7 Å². The zero-order valence-electron chi connectivity index (χ0n) is 11.2. The van der Waals surface area contributed by atoms with E-state index in [-0.39, 0.29) is 11.8 Å². The highest BCUT2D eigenvalue weighted by molar-refractivity contribution is 5.79. The van der Waals surface area contributed by atoms with Gasteiger partial charge in [0.05, 0.1) is 5.69 Å². The summed E-state index contributed by atoms with van der Waals surface area (Å²) in [5, 5.41) is 3.16. The van der Waals surface area contributed by atoms with Crippen LogP contribution in [0.15, 0.2) is 17.1 Å². The molecule has 1 saturated carbocycles. The molecule has 0 spiro atoms. The van der Waals surface area contributed by atoms with Crippen LogP contribution in [-0.4, -0.2) is 34.9 Å². The molecule has 1 aromatic heterocycles. The van der Waals surface area contributed by atoms with Crippen molar-refractivity contribution < 1.29 is 9.21 Å². The summed E-state index contributed by atoms with van der Waals surface area (Å²) in [6, 6.07) is 0.459. The number of nitrogens with one attached hydrogen (secondary N) is 1. The van der Waals surface area contributed by atoms with E-state index in [1.165, 1.54) is 12.8 Å². The first-order valence-electron chi connectivity index (χ1n) is 7.21. The van der Waals surface area contributed by atoms with Crippen LogP contribution < -0.4 is 5.32 Å². The second kappa shape index (κ2) is 5.74. The summed E-state index contributed by atoms with van der Waals surface area (Å²) in [6.07, 6.45) is 8.66. The predicted molar refractivity (Wildman–Crippen MR) is 70.3 cm³/mol. The predicted octanol–water partition coefficient (Wildman–Crippen LogP) is 1.56. The van der Waals surface area contributed by atoms with E-state index in [9.17, 15) is 4.79 Å². The summed E-state index contributed by atoms with van der Waals surface area (Å²) in [7, 11) is 0. The summed E-state index contributed by atoms with van der Waals surface area (Å²) in [5.41, 5.74) is 0.970. The lowest BCUT2D eigenvalue weighted by molar-refractivity contribution is -0.127. The van der Waals surface area contributed by atoms with Crippen molar-refractivity contribution in [3.8, 4) is 0 Å². The first-order chi connectivity index (χ1) is 9.31. The SMILES string of the molecule is O=C(NC1CCC1)C1CCN(Cc2cocn2)CC1. The number of nitrogens with zero attached hydrogens (tertiary/aromatic N) is 2. The Hall–Kier alpha value is -1.36. The molecule has 2 heterocycles. The van der Waals surface area contributed by atoms with Crippen molar-refractivity contribution in [2.24, 2.45) is 5.92 Å². The zero-order chi connectivity index (χ0) is 13.1. The van der Waals surface area contributed by atoms with Gasteiger partial charge in [0, 0.05) is 18.5 Å². The molecule has 0 aromatic carbocycles. The molecule has 0 unspecified atom stereocenters. The van der Waals surface area contributed by atoms with Gasteiger partial charge < -0.3 is 9.73 Å². The number of amides is 1. The number of aromatic nitrogens is 1. The maximum Gasteiger partial charge on any atom is 0.223 e. The van der Waals surface area contributed by atoms with Crippen LogP contribution in [-0.2, 0) is 11.3 Å². The summed E-state index contributed by atoms with van der Waals surface area (Å²) in [4.78, 5) is 18.5. The second-order valence-electron chi connectivity index (χ2n) is 5.67. The van der Waals surface area contributed by atoms with E-state index in [0.717, 1.165) is 51.0 Å². The second-order valence-corrected chi connectivity index (χ2v) is 5.67. The van der Waals surface area contributed by atoms with Crippen LogP contribution in [0.25, 0.3) is 0 Å². The average Bonchev–Trinajstić information content (AvgIpc) is 2.87. The Balaban J connectivity index is 1.42. The summed E-state index contributed by atoms with van der Waals surface area (Å²) >= 11 is 0. The highest BCUT2D eigenvalue weighted by Gasteiger charge is 2.28. The molecule has 19 heavy (non-hydrogen) atoms. The molecule has 2 aliphatic rings. The first kappa shape index (κ1) is 12.7. The molecule has 2 fully saturated rings. The monoisotopic (exact) mass is 263 g/mol. The van der Waals surface area contributed by atoms with Crippen molar-refractivity contribution in [1.82, 2.24) is 15.2 Å². The van der Waals surface area contributed by atoms with Crippen LogP contribution >= 0.6 is 0 Å². The number of carbonyl (C=O) groups is 1. The lowest BCUT2D eigenvalue weighted by Gasteiger charge is -2.33. The molecular formula is C14H21N3O2. The topological polar surface area (TPSA) is 58.4 Å². The minimum absolute atomic E-state index is 0.203. The lowest BCUT2D eigenvalue weighted by atomic mass is 9.90. The van der Waals surface area contributed by atoms with Gasteiger partial charge in [0.1, 0.15) is 6.26 Å². The Morgan fingerprint density at radius 3 is 2.74 bits per heavy atom. The third kappa shape index (κ3) is 3.15. The Morgan fingerprint density at radius 2 is 2.16 bits per heavy atom. The van der Waals surface area contributed by atoms with Gasteiger partial charge in [0.2, 0.25) is 5.91 Å². The van der Waals surface area contributed by atoms with Crippen molar-refractivity contribution in [3.05, 3.63) is 18.4 Å². The highest BCUT2D eigenvalue weighted by Crippen LogP contribution is 2.22. The molecule has 0 bridgehead atoms. The maximum atomic E-state index is 12.1. The summed E-state index contributed by atoms with van der Waals surface area (Å²) < 4.78 is 4.98. The van der Waals surface area contributed by atoms with Crippen LogP contribution in [0.3, 0.4) is 0 Å². The molecule has 0 atom stereocenters. The quantitative estimate of drug-likeness (QED) is 0.895. The van der Waals surface area contributed by atoms with E-state index < -0.39 is 0 Å². The maximum absolute atomic E-state index is 12.1. The highest BCUT2D eigenvalue weighted by atomic mass is 16.3. The molecule has 5 nitrogen and oxygen atoms in total. The van der Waals surface area contributed by atoms with Crippen LogP contribution in [0.4, 0.5) is 0 Å². The van der Waals surface area contributed by atoms with E-state index in [4.69, 9.17) is 4.42 Å². The molecular weight excluding hydrogens is 242 g/mol. The Morgan fingerprint density at radius 1 is 1.37 bits per heavy atom. The average molecular weight is 263 g/mol. The zero-order valence-corrected chi connectivity index (χ0v) is 11.2. The van der Waals surface area contributed by atoms with Crippen molar-refractivity contribution in [2.75, 3.05) is 13.1 Å². The van der Waals surface area contributed by atoms with Crippen LogP contribution in [0.1, 0.15) is 37.8 Å². The molecule has 1 aliphatic carbocycles. The standard InChI is InChI=1S/C14H21N3O2/c18-14(16-12-2-1-3-12)11-4-6-17(7-5-11)8-13-9-19-10-15-13/h9-12H,1-8H2,(H,16,18). The fourth-order valence-electron chi connectivity index (χ4n) is 2.77. The van der Waals surface area contributed by atoms with E-state index in [2.05, 4.69) is 15.2 Å². The Labute approximate surface area is 113 Å². The number of carbonyl (C=O) groups excluding carboxylic acids is 1. The van der Waals surface area contributed by atoms with Gasteiger partial charge in [0.25, 0.3) is 0 Å². The van der Waals surface area contributed by atoms with E-state index in [1.54, 1.807) is 6.26 Å². The number of piperidine rings is 1. The van der Waals surface area contributed by atoms with Gasteiger partial charge in [-0.05, 0) is 45.2 Å². The third-order valence-corrected chi connectivity index (χ3v) is 4.28. The van der Waals surface area contributed by atoms with Crippen molar-refractivity contribution in [3.63, 3.8) is 0 Å². The molecule has 1 aromatic rings. The Kier molecular flexibility index (Phi) is 3.82. The molecule has 104 valence electrons. The van der Waals surface area contributed by atoms with E-state index in [0.29, 0.717) is 6.04 Å². The molecule has 1 N–H and O–H groups in total. The molecule has 1 saturated heterocycles. The van der Waals surface area contributed by atoms with Crippen LogP contribution in [0.2, 0.25) is 0 Å². The van der Waals surface area contributed by atoms with Gasteiger partial charge in [-0.1, -0.05) is 0 Å². The third-order valence-electron chi connectivity index (χ3n) is 4.28. The number of likely N-dealkylation sites (tertiary alicyclic amines) is 1. The lowest BCUT2D eigenvalue weighted by Crippen LogP contribution is -2.45. The van der Waals surface area contributed by atoms with Crippen LogP contribution in [0, 0.1) is 5.92 Å². The minimum atomic E-state index is 0.203. The van der Waals surface area contributed by atoms with E-state index in [1.807, 2.05) is 0 Å².